The number of nitrogens with one attached hydrogen (secondary N) is 1. The van der Waals surface area contributed by atoms with E-state index in [9.17, 15) is 17.6 Å². The fraction of sp³-hybridized carbons (Fsp3) is 0.0833. The normalized spacial score (nSPS) is 10.5. The van der Waals surface area contributed by atoms with Crippen LogP contribution >= 0.6 is 0 Å². The maximum absolute atomic E-state index is 13.3. The first-order chi connectivity index (χ1) is 8.45. The van der Waals surface area contributed by atoms with E-state index in [1.165, 1.54) is 12.1 Å². The van der Waals surface area contributed by atoms with E-state index in [0.29, 0.717) is 11.6 Å². The Bertz CT molecular complexity index is 579. The molecule has 0 bridgehead atoms. The first-order valence-corrected chi connectivity index (χ1v) is 5.01. The van der Waals surface area contributed by atoms with Crippen molar-refractivity contribution in [1.29, 1.82) is 0 Å². The summed E-state index contributed by atoms with van der Waals surface area (Å²) in [5, 5.41) is 2.39. The van der Waals surface area contributed by atoms with Crippen LogP contribution in [0.4, 0.5) is 29.1 Å². The van der Waals surface area contributed by atoms with Crippen LogP contribution in [-0.2, 0) is 0 Å². The Labute approximate surface area is 100 Å². The first-order valence-electron chi connectivity index (χ1n) is 5.01. The molecule has 0 spiro atoms. The number of halogens is 4. The summed E-state index contributed by atoms with van der Waals surface area (Å²) in [5.74, 6) is -4.89. The largest absolute Gasteiger partial charge is 0.338 e. The summed E-state index contributed by atoms with van der Waals surface area (Å²) in [6, 6.07) is 4.26. The van der Waals surface area contributed by atoms with Gasteiger partial charge in [-0.15, -0.1) is 0 Å². The summed E-state index contributed by atoms with van der Waals surface area (Å²) in [4.78, 5) is 3.08. The molecule has 0 fully saturated rings. The average Bonchev–Trinajstić information content (AvgIpc) is 2.24. The summed E-state index contributed by atoms with van der Waals surface area (Å²) in [6.07, 6.45) is 0. The molecule has 0 unspecified atom stereocenters. The second-order valence-corrected chi connectivity index (χ2v) is 3.73. The maximum Gasteiger partial charge on any atom is 0.251 e. The Kier molecular flexibility index (Phi) is 3.18. The van der Waals surface area contributed by atoms with Gasteiger partial charge in [0.1, 0.15) is 5.82 Å². The highest BCUT2D eigenvalue weighted by molar-refractivity contribution is 5.57. The zero-order valence-corrected chi connectivity index (χ0v) is 9.27. The van der Waals surface area contributed by atoms with E-state index in [4.69, 9.17) is 0 Å². The van der Waals surface area contributed by atoms with Crippen LogP contribution in [0.25, 0.3) is 0 Å². The number of rotatable bonds is 2. The van der Waals surface area contributed by atoms with Crippen molar-refractivity contribution in [2.24, 2.45) is 0 Å². The Morgan fingerprint density at radius 2 is 1.67 bits per heavy atom. The Morgan fingerprint density at radius 3 is 2.33 bits per heavy atom. The third-order valence-corrected chi connectivity index (χ3v) is 2.19. The molecule has 0 atom stereocenters. The van der Waals surface area contributed by atoms with Gasteiger partial charge in [0, 0.05) is 11.8 Å². The number of anilines is 2. The predicted octanol–water partition coefficient (Wildman–Crippen LogP) is 3.69. The van der Waals surface area contributed by atoms with Crippen molar-refractivity contribution in [1.82, 2.24) is 4.98 Å². The van der Waals surface area contributed by atoms with Gasteiger partial charge in [0.2, 0.25) is 0 Å². The quantitative estimate of drug-likeness (QED) is 0.654. The summed E-state index contributed by atoms with van der Waals surface area (Å²) < 4.78 is 51.9. The zero-order valence-electron chi connectivity index (χ0n) is 9.27. The highest BCUT2D eigenvalue weighted by Gasteiger charge is 2.12. The molecule has 0 saturated heterocycles. The van der Waals surface area contributed by atoms with Gasteiger partial charge in [0.25, 0.3) is 5.95 Å². The highest BCUT2D eigenvalue weighted by atomic mass is 19.2. The lowest BCUT2D eigenvalue weighted by Crippen LogP contribution is -2.02. The minimum Gasteiger partial charge on any atom is -0.338 e. The Balaban J connectivity index is 2.36. The van der Waals surface area contributed by atoms with Gasteiger partial charge in [-0.2, -0.15) is 9.37 Å². The summed E-state index contributed by atoms with van der Waals surface area (Å²) in [7, 11) is 0. The lowest BCUT2D eigenvalue weighted by molar-refractivity contribution is 0.467. The van der Waals surface area contributed by atoms with Gasteiger partial charge in [-0.3, -0.25) is 0 Å². The maximum atomic E-state index is 13.3. The van der Waals surface area contributed by atoms with Crippen LogP contribution in [0.1, 0.15) is 5.56 Å². The van der Waals surface area contributed by atoms with E-state index in [0.717, 1.165) is 6.07 Å². The fourth-order valence-corrected chi connectivity index (χ4v) is 1.48. The molecular formula is C12H8F4N2. The van der Waals surface area contributed by atoms with E-state index in [1.54, 1.807) is 6.92 Å². The van der Waals surface area contributed by atoms with Crippen molar-refractivity contribution in [2.45, 2.75) is 6.92 Å². The van der Waals surface area contributed by atoms with Crippen LogP contribution in [0.3, 0.4) is 0 Å². The molecule has 94 valence electrons. The third-order valence-electron chi connectivity index (χ3n) is 2.19. The predicted molar refractivity (Wildman–Crippen MR) is 58.5 cm³/mol. The molecule has 1 N–H and O–H groups in total. The van der Waals surface area contributed by atoms with Crippen molar-refractivity contribution in [3.05, 3.63) is 53.2 Å². The number of hydrogen-bond donors (Lipinski definition) is 1. The molecule has 2 aromatic rings. The molecule has 18 heavy (non-hydrogen) atoms. The molecule has 0 radical (unpaired) electrons. The van der Waals surface area contributed by atoms with Crippen molar-refractivity contribution in [2.75, 3.05) is 5.32 Å². The van der Waals surface area contributed by atoms with Crippen LogP contribution in [0.5, 0.6) is 0 Å². The molecular weight excluding hydrogens is 248 g/mol. The summed E-state index contributed by atoms with van der Waals surface area (Å²) in [6.45, 7) is 1.64. The van der Waals surface area contributed by atoms with Crippen LogP contribution in [0.15, 0.2) is 24.3 Å². The third kappa shape index (κ3) is 2.58. The van der Waals surface area contributed by atoms with Crippen LogP contribution in [0.2, 0.25) is 0 Å². The molecule has 1 aromatic carbocycles. The fourth-order valence-electron chi connectivity index (χ4n) is 1.48. The minimum atomic E-state index is -1.42. The van der Waals surface area contributed by atoms with Crippen LogP contribution in [-0.4, -0.2) is 4.98 Å². The second-order valence-electron chi connectivity index (χ2n) is 3.73. The standard InChI is InChI=1S/C12H8F4N2/c1-6-2-7(13)4-8(3-6)17-12-10(15)5-9(14)11(16)18-12/h2-5H,1H3,(H,17,18). The number of benzene rings is 1. The van der Waals surface area contributed by atoms with Gasteiger partial charge < -0.3 is 5.32 Å². The zero-order chi connectivity index (χ0) is 13.3. The van der Waals surface area contributed by atoms with E-state index >= 15 is 0 Å². The van der Waals surface area contributed by atoms with Crippen molar-refractivity contribution in [3.63, 3.8) is 0 Å². The van der Waals surface area contributed by atoms with Gasteiger partial charge in [-0.05, 0) is 30.7 Å². The van der Waals surface area contributed by atoms with E-state index < -0.39 is 29.2 Å². The number of pyridine rings is 1. The molecule has 0 aliphatic rings. The Morgan fingerprint density at radius 1 is 0.944 bits per heavy atom. The van der Waals surface area contributed by atoms with Crippen molar-refractivity contribution < 1.29 is 17.6 Å². The van der Waals surface area contributed by atoms with Crippen LogP contribution < -0.4 is 5.32 Å². The molecule has 0 aliphatic heterocycles. The number of aryl methyl sites for hydroxylation is 1. The lowest BCUT2D eigenvalue weighted by atomic mass is 10.2. The molecule has 0 amide bonds. The highest BCUT2D eigenvalue weighted by Crippen LogP contribution is 2.21. The smallest absolute Gasteiger partial charge is 0.251 e. The lowest BCUT2D eigenvalue weighted by Gasteiger charge is -2.08. The van der Waals surface area contributed by atoms with Crippen LogP contribution in [0, 0.1) is 30.3 Å². The molecule has 2 nitrogen and oxygen atoms in total. The number of hydrogen-bond acceptors (Lipinski definition) is 2. The van der Waals surface area contributed by atoms with Gasteiger partial charge in [-0.25, -0.2) is 13.2 Å². The number of aromatic nitrogens is 1. The van der Waals surface area contributed by atoms with Gasteiger partial charge in [-0.1, -0.05) is 0 Å². The summed E-state index contributed by atoms with van der Waals surface area (Å²) >= 11 is 0. The number of nitrogens with zero attached hydrogens (tertiary/aromatic N) is 1. The molecule has 1 aromatic heterocycles. The van der Waals surface area contributed by atoms with E-state index in [1.807, 2.05) is 0 Å². The SMILES string of the molecule is Cc1cc(F)cc(Nc2nc(F)c(F)cc2F)c1. The molecule has 2 rings (SSSR count). The first kappa shape index (κ1) is 12.3. The average molecular weight is 256 g/mol. The minimum absolute atomic E-state index is 0.199. The van der Waals surface area contributed by atoms with Crippen molar-refractivity contribution in [3.8, 4) is 0 Å². The second kappa shape index (κ2) is 4.64. The molecule has 1 heterocycles. The Hall–Kier alpha value is -2.11. The molecule has 0 saturated carbocycles. The van der Waals surface area contributed by atoms with Gasteiger partial charge in [0.05, 0.1) is 0 Å². The molecule has 6 heteroatoms. The van der Waals surface area contributed by atoms with E-state index in [-0.39, 0.29) is 5.69 Å². The van der Waals surface area contributed by atoms with E-state index in [2.05, 4.69) is 10.3 Å². The summed E-state index contributed by atoms with van der Waals surface area (Å²) in [5.41, 5.74) is 0.797. The monoisotopic (exact) mass is 256 g/mol. The van der Waals surface area contributed by atoms with Gasteiger partial charge in [0.15, 0.2) is 17.5 Å². The van der Waals surface area contributed by atoms with Crippen molar-refractivity contribution >= 4 is 11.5 Å². The molecule has 0 aliphatic carbocycles. The topological polar surface area (TPSA) is 24.9 Å². The van der Waals surface area contributed by atoms with Gasteiger partial charge >= 0.3 is 0 Å².